The molecule has 3 aromatic rings. The van der Waals surface area contributed by atoms with Crippen LogP contribution in [0.5, 0.6) is 0 Å². The van der Waals surface area contributed by atoms with Crippen LogP contribution in [-0.2, 0) is 11.2 Å². The zero-order chi connectivity index (χ0) is 19.4. The van der Waals surface area contributed by atoms with E-state index in [4.69, 9.17) is 0 Å². The fourth-order valence-electron chi connectivity index (χ4n) is 2.73. The normalized spacial score (nSPS) is 12.0. The maximum atomic E-state index is 12.5. The maximum absolute atomic E-state index is 12.5. The lowest BCUT2D eigenvalue weighted by Crippen LogP contribution is -2.23. The summed E-state index contributed by atoms with van der Waals surface area (Å²) in [6.45, 7) is 8.01. The van der Waals surface area contributed by atoms with Gasteiger partial charge in [-0.15, -0.1) is 5.10 Å². The van der Waals surface area contributed by atoms with Crippen molar-refractivity contribution in [2.24, 2.45) is 0 Å². The number of aromatic amines is 1. The second kappa shape index (κ2) is 8.39. The minimum atomic E-state index is -0.308. The number of thioether (sulfide) groups is 1. The van der Waals surface area contributed by atoms with E-state index < -0.39 is 0 Å². The first-order chi connectivity index (χ1) is 13.0. The molecule has 6 heteroatoms. The smallest absolute Gasteiger partial charge is 0.237 e. The van der Waals surface area contributed by atoms with Gasteiger partial charge in [0.25, 0.3) is 0 Å². The van der Waals surface area contributed by atoms with Crippen molar-refractivity contribution in [3.63, 3.8) is 0 Å². The van der Waals surface area contributed by atoms with Crippen molar-refractivity contribution in [1.82, 2.24) is 15.2 Å². The molecule has 140 valence electrons. The fraction of sp³-hybridized carbons (Fsp3) is 0.286. The van der Waals surface area contributed by atoms with E-state index in [1.807, 2.05) is 45.0 Å². The number of anilines is 1. The van der Waals surface area contributed by atoms with Crippen LogP contribution in [0.3, 0.4) is 0 Å². The van der Waals surface area contributed by atoms with Gasteiger partial charge in [-0.1, -0.05) is 60.6 Å². The van der Waals surface area contributed by atoms with Crippen molar-refractivity contribution in [3.8, 4) is 11.4 Å². The van der Waals surface area contributed by atoms with E-state index in [1.165, 1.54) is 22.9 Å². The van der Waals surface area contributed by atoms with E-state index in [0.29, 0.717) is 11.0 Å². The Labute approximate surface area is 164 Å². The zero-order valence-electron chi connectivity index (χ0n) is 16.0. The summed E-state index contributed by atoms with van der Waals surface area (Å²) in [5, 5.41) is 10.4. The summed E-state index contributed by atoms with van der Waals surface area (Å²) in [6.07, 6.45) is 1.00. The number of carbonyl (C=O) groups is 1. The van der Waals surface area contributed by atoms with Crippen molar-refractivity contribution in [3.05, 3.63) is 59.2 Å². The minimum Gasteiger partial charge on any atom is -0.325 e. The first-order valence-corrected chi connectivity index (χ1v) is 9.90. The van der Waals surface area contributed by atoms with Gasteiger partial charge in [-0.2, -0.15) is 0 Å². The number of nitrogens with zero attached hydrogens (tertiary/aromatic N) is 2. The molecule has 0 radical (unpaired) electrons. The Morgan fingerprint density at radius 3 is 2.59 bits per heavy atom. The molecule has 0 bridgehead atoms. The number of carbonyl (C=O) groups excluding carboxylic acids is 1. The van der Waals surface area contributed by atoms with E-state index in [9.17, 15) is 4.79 Å². The molecule has 2 N–H and O–H groups in total. The summed E-state index contributed by atoms with van der Waals surface area (Å²) in [6, 6.07) is 14.2. The zero-order valence-corrected chi connectivity index (χ0v) is 16.9. The standard InChI is InChI=1S/C21H24N4OS/c1-5-16-7-9-17(10-8-16)19-23-21(25-24-19)27-15(4)20(26)22-18-11-6-13(2)12-14(18)3/h6-12,15H,5H2,1-4H3,(H,22,26)(H,23,24,25)/t15-/m1/s1. The van der Waals surface area contributed by atoms with E-state index >= 15 is 0 Å². The summed E-state index contributed by atoms with van der Waals surface area (Å²) < 4.78 is 0. The molecule has 3 rings (SSSR count). The van der Waals surface area contributed by atoms with Crippen molar-refractivity contribution in [2.75, 3.05) is 5.32 Å². The predicted octanol–water partition coefficient (Wildman–Crippen LogP) is 4.77. The summed E-state index contributed by atoms with van der Waals surface area (Å²) in [5.74, 6) is 0.646. The SMILES string of the molecule is CCc1ccc(-c2nc(S[C@H](C)C(=O)Nc3ccc(C)cc3C)n[nH]2)cc1. The number of aryl methyl sites for hydroxylation is 3. The van der Waals surface area contributed by atoms with E-state index in [0.717, 1.165) is 23.2 Å². The topological polar surface area (TPSA) is 70.7 Å². The Balaban J connectivity index is 1.64. The predicted molar refractivity (Wildman–Crippen MR) is 111 cm³/mol. The first-order valence-electron chi connectivity index (χ1n) is 9.02. The minimum absolute atomic E-state index is 0.0643. The third-order valence-corrected chi connectivity index (χ3v) is 5.35. The van der Waals surface area contributed by atoms with Crippen LogP contribution in [0.25, 0.3) is 11.4 Å². The average molecular weight is 381 g/mol. The first kappa shape index (κ1) is 19.2. The maximum Gasteiger partial charge on any atom is 0.237 e. The lowest BCUT2D eigenvalue weighted by atomic mass is 10.1. The number of benzene rings is 2. The molecule has 2 aromatic carbocycles. The molecule has 5 nitrogen and oxygen atoms in total. The van der Waals surface area contributed by atoms with Gasteiger partial charge < -0.3 is 5.32 Å². The molecular weight excluding hydrogens is 356 g/mol. The number of aromatic nitrogens is 3. The Morgan fingerprint density at radius 2 is 1.93 bits per heavy atom. The highest BCUT2D eigenvalue weighted by Gasteiger charge is 2.18. The fourth-order valence-corrected chi connectivity index (χ4v) is 3.45. The Kier molecular flexibility index (Phi) is 5.96. The molecule has 0 aliphatic rings. The van der Waals surface area contributed by atoms with Gasteiger partial charge in [-0.3, -0.25) is 9.89 Å². The number of H-pyrrole nitrogens is 1. The number of amides is 1. The van der Waals surface area contributed by atoms with Crippen molar-refractivity contribution in [2.45, 2.75) is 44.5 Å². The Bertz CT molecular complexity index is 934. The van der Waals surface area contributed by atoms with Crippen LogP contribution < -0.4 is 5.32 Å². The summed E-state index contributed by atoms with van der Waals surface area (Å²) >= 11 is 1.34. The molecule has 0 unspecified atom stereocenters. The van der Waals surface area contributed by atoms with Gasteiger partial charge in [-0.25, -0.2) is 4.98 Å². The van der Waals surface area contributed by atoms with Gasteiger partial charge in [0.05, 0.1) is 5.25 Å². The molecule has 0 spiro atoms. The van der Waals surface area contributed by atoms with Gasteiger partial charge in [0.1, 0.15) is 0 Å². The van der Waals surface area contributed by atoms with Gasteiger partial charge in [0.15, 0.2) is 5.82 Å². The second-order valence-corrected chi connectivity index (χ2v) is 7.89. The molecule has 1 aromatic heterocycles. The Hall–Kier alpha value is -2.60. The third kappa shape index (κ3) is 4.77. The van der Waals surface area contributed by atoms with Gasteiger partial charge in [-0.05, 0) is 44.4 Å². The molecular formula is C21H24N4OS. The van der Waals surface area contributed by atoms with Crippen molar-refractivity contribution >= 4 is 23.4 Å². The van der Waals surface area contributed by atoms with Crippen LogP contribution in [-0.4, -0.2) is 26.3 Å². The van der Waals surface area contributed by atoms with Crippen molar-refractivity contribution in [1.29, 1.82) is 0 Å². The highest BCUT2D eigenvalue weighted by molar-refractivity contribution is 8.00. The van der Waals surface area contributed by atoms with Crippen LogP contribution >= 0.6 is 11.8 Å². The monoisotopic (exact) mass is 380 g/mol. The van der Waals surface area contributed by atoms with Crippen LogP contribution in [0.4, 0.5) is 5.69 Å². The largest absolute Gasteiger partial charge is 0.325 e. The van der Waals surface area contributed by atoms with E-state index in [-0.39, 0.29) is 11.2 Å². The summed E-state index contributed by atoms with van der Waals surface area (Å²) in [7, 11) is 0. The van der Waals surface area contributed by atoms with E-state index in [1.54, 1.807) is 0 Å². The highest BCUT2D eigenvalue weighted by atomic mass is 32.2. The van der Waals surface area contributed by atoms with Crippen LogP contribution in [0.1, 0.15) is 30.5 Å². The van der Waals surface area contributed by atoms with Gasteiger partial charge in [0.2, 0.25) is 11.1 Å². The number of hydrogen-bond acceptors (Lipinski definition) is 4. The van der Waals surface area contributed by atoms with Gasteiger partial charge >= 0.3 is 0 Å². The van der Waals surface area contributed by atoms with Crippen molar-refractivity contribution < 1.29 is 4.79 Å². The molecule has 0 saturated heterocycles. The molecule has 1 heterocycles. The molecule has 0 fully saturated rings. The second-order valence-electron chi connectivity index (χ2n) is 6.58. The molecule has 1 amide bonds. The quantitative estimate of drug-likeness (QED) is 0.604. The lowest BCUT2D eigenvalue weighted by molar-refractivity contribution is -0.115. The van der Waals surface area contributed by atoms with E-state index in [2.05, 4.69) is 45.6 Å². The van der Waals surface area contributed by atoms with Crippen LogP contribution in [0, 0.1) is 13.8 Å². The molecule has 0 aliphatic carbocycles. The number of hydrogen-bond donors (Lipinski definition) is 2. The average Bonchev–Trinajstić information content (AvgIpc) is 3.12. The Morgan fingerprint density at radius 1 is 1.19 bits per heavy atom. The lowest BCUT2D eigenvalue weighted by Gasteiger charge is -2.12. The molecule has 0 aliphatic heterocycles. The van der Waals surface area contributed by atoms with Crippen LogP contribution in [0.2, 0.25) is 0 Å². The number of rotatable bonds is 6. The molecule has 1 atom stereocenters. The summed E-state index contributed by atoms with van der Waals surface area (Å²) in [4.78, 5) is 17.0. The molecule has 27 heavy (non-hydrogen) atoms. The number of nitrogens with one attached hydrogen (secondary N) is 2. The highest BCUT2D eigenvalue weighted by Crippen LogP contribution is 2.24. The third-order valence-electron chi connectivity index (χ3n) is 4.39. The van der Waals surface area contributed by atoms with Crippen LogP contribution in [0.15, 0.2) is 47.6 Å². The summed E-state index contributed by atoms with van der Waals surface area (Å²) in [5.41, 5.74) is 5.33. The molecule has 0 saturated carbocycles. The van der Waals surface area contributed by atoms with Gasteiger partial charge in [0, 0.05) is 11.3 Å².